The molecular weight excluding hydrogens is 222 g/mol. The summed E-state index contributed by atoms with van der Waals surface area (Å²) < 4.78 is 24.0. The zero-order valence-electron chi connectivity index (χ0n) is 7.48. The lowest BCUT2D eigenvalue weighted by Gasteiger charge is -2.14. The highest BCUT2D eigenvalue weighted by Crippen LogP contribution is 2.29. The molecule has 1 heterocycles. The predicted molar refractivity (Wildman–Crippen MR) is 56.9 cm³/mol. The van der Waals surface area contributed by atoms with Crippen molar-refractivity contribution in [2.24, 2.45) is 0 Å². The zero-order valence-corrected chi connectivity index (χ0v) is 9.05. The lowest BCUT2D eigenvalue weighted by Crippen LogP contribution is -2.22. The van der Waals surface area contributed by atoms with Gasteiger partial charge in [0.2, 0.25) is 10.0 Å². The third-order valence-corrected chi connectivity index (χ3v) is 4.58. The van der Waals surface area contributed by atoms with E-state index in [0.29, 0.717) is 12.1 Å². The van der Waals surface area contributed by atoms with Gasteiger partial charge in [-0.25, -0.2) is 8.42 Å². The molecule has 0 unspecified atom stereocenters. The van der Waals surface area contributed by atoms with Crippen LogP contribution in [0.4, 0.5) is 5.69 Å². The van der Waals surface area contributed by atoms with Gasteiger partial charge in [-0.1, -0.05) is 18.2 Å². The summed E-state index contributed by atoms with van der Waals surface area (Å²) in [6.07, 6.45) is 1.39. The van der Waals surface area contributed by atoms with E-state index < -0.39 is 10.0 Å². The number of hydrogen-bond acceptors (Lipinski definition) is 2. The van der Waals surface area contributed by atoms with E-state index in [2.05, 4.69) is 0 Å². The van der Waals surface area contributed by atoms with Crippen LogP contribution in [-0.4, -0.2) is 14.2 Å². The maximum Gasteiger partial charge on any atom is 0.248 e. The highest BCUT2D eigenvalue weighted by molar-refractivity contribution is 7.94. The molecule has 0 saturated carbocycles. The molecule has 1 aromatic rings. The van der Waals surface area contributed by atoms with E-state index >= 15 is 0 Å². The Morgan fingerprint density at radius 3 is 2.79 bits per heavy atom. The van der Waals surface area contributed by atoms with Gasteiger partial charge in [-0.2, -0.15) is 3.82 Å². The van der Waals surface area contributed by atoms with Crippen molar-refractivity contribution in [1.82, 2.24) is 0 Å². The minimum atomic E-state index is -3.31. The maximum atomic E-state index is 11.6. The first-order chi connectivity index (χ1) is 6.61. The molecule has 2 rings (SSSR count). The Labute approximate surface area is 88.5 Å². The monoisotopic (exact) mass is 231 g/mol. The van der Waals surface area contributed by atoms with E-state index in [1.165, 1.54) is 0 Å². The quantitative estimate of drug-likeness (QED) is 0.640. The van der Waals surface area contributed by atoms with Gasteiger partial charge in [0.05, 0.1) is 11.4 Å². The molecule has 0 aromatic heterocycles. The van der Waals surface area contributed by atoms with Gasteiger partial charge in [-0.3, -0.25) is 0 Å². The number of fused-ring (bicyclic) bond motifs is 1. The van der Waals surface area contributed by atoms with Crippen molar-refractivity contribution in [2.45, 2.75) is 12.8 Å². The topological polar surface area (TPSA) is 37.4 Å². The number of aryl methyl sites for hydroxylation is 1. The molecule has 3 nitrogen and oxygen atoms in total. The van der Waals surface area contributed by atoms with E-state index in [9.17, 15) is 8.42 Å². The molecule has 0 spiro atoms. The van der Waals surface area contributed by atoms with Crippen molar-refractivity contribution in [1.29, 1.82) is 0 Å². The average Bonchev–Trinajstić information content (AvgIpc) is 2.27. The van der Waals surface area contributed by atoms with E-state index in [4.69, 9.17) is 11.8 Å². The number of benzene rings is 1. The van der Waals surface area contributed by atoms with E-state index in [0.717, 1.165) is 15.8 Å². The first-order valence-corrected chi connectivity index (χ1v) is 6.33. The predicted octanol–water partition coefficient (Wildman–Crippen LogP) is 1.92. The van der Waals surface area contributed by atoms with Crippen molar-refractivity contribution >= 4 is 27.5 Å². The van der Waals surface area contributed by atoms with Gasteiger partial charge >= 0.3 is 0 Å². The largest absolute Gasteiger partial charge is 0.248 e. The maximum absolute atomic E-state index is 11.6. The fourth-order valence-corrected chi connectivity index (χ4v) is 3.09. The van der Waals surface area contributed by atoms with Crippen LogP contribution < -0.4 is 3.82 Å². The van der Waals surface area contributed by atoms with Crippen LogP contribution in [0, 0.1) is 0 Å². The first kappa shape index (κ1) is 9.80. The number of nitrogens with zero attached hydrogens (tertiary/aromatic N) is 1. The van der Waals surface area contributed by atoms with E-state index in [1.807, 2.05) is 12.1 Å². The molecule has 0 bridgehead atoms. The van der Waals surface area contributed by atoms with Crippen LogP contribution >= 0.6 is 11.8 Å². The summed E-state index contributed by atoms with van der Waals surface area (Å²) in [5, 5.41) is 0. The van der Waals surface area contributed by atoms with Gasteiger partial charge in [-0.15, -0.1) is 0 Å². The standard InChI is InChI=1S/C9H10ClNO2S/c10-11-9-6-2-1-4-8(9)5-3-7-14(11,12)13/h1-2,4,6H,3,5,7H2. The molecule has 5 heteroatoms. The molecule has 0 amide bonds. The molecule has 76 valence electrons. The molecule has 0 radical (unpaired) electrons. The van der Waals surface area contributed by atoms with Gasteiger partial charge in [0, 0.05) is 11.8 Å². The normalized spacial score (nSPS) is 19.9. The molecule has 0 saturated heterocycles. The molecule has 0 fully saturated rings. The van der Waals surface area contributed by atoms with Crippen LogP contribution in [0.25, 0.3) is 0 Å². The molecule has 0 aliphatic carbocycles. The third-order valence-electron chi connectivity index (χ3n) is 2.27. The Bertz CT molecular complexity index is 444. The van der Waals surface area contributed by atoms with Crippen LogP contribution in [0.2, 0.25) is 0 Å². The summed E-state index contributed by atoms with van der Waals surface area (Å²) in [5.74, 6) is 0.116. The molecule has 0 atom stereocenters. The second-order valence-electron chi connectivity index (χ2n) is 3.26. The number of sulfonamides is 1. The summed E-state index contributed by atoms with van der Waals surface area (Å²) in [5.41, 5.74) is 1.58. The average molecular weight is 232 g/mol. The van der Waals surface area contributed by atoms with Crippen molar-refractivity contribution < 1.29 is 8.42 Å². The molecule has 0 N–H and O–H groups in total. The van der Waals surface area contributed by atoms with Crippen LogP contribution in [0.5, 0.6) is 0 Å². The number of hydrogen-bond donors (Lipinski definition) is 0. The van der Waals surface area contributed by atoms with Crippen LogP contribution in [0.1, 0.15) is 12.0 Å². The summed E-state index contributed by atoms with van der Waals surface area (Å²) in [4.78, 5) is 0. The van der Waals surface area contributed by atoms with Crippen LogP contribution in [-0.2, 0) is 16.4 Å². The lowest BCUT2D eigenvalue weighted by atomic mass is 10.1. The highest BCUT2D eigenvalue weighted by Gasteiger charge is 2.25. The second-order valence-corrected chi connectivity index (χ2v) is 5.74. The van der Waals surface area contributed by atoms with E-state index in [1.54, 1.807) is 12.1 Å². The van der Waals surface area contributed by atoms with Crippen LogP contribution in [0.15, 0.2) is 24.3 Å². The number of rotatable bonds is 0. The molecule has 1 aliphatic rings. The molecular formula is C9H10ClNO2S. The fraction of sp³-hybridized carbons (Fsp3) is 0.333. The summed E-state index contributed by atoms with van der Waals surface area (Å²) >= 11 is 5.79. The Balaban J connectivity index is 2.56. The smallest absolute Gasteiger partial charge is 0.205 e. The molecule has 1 aliphatic heterocycles. The third kappa shape index (κ3) is 1.60. The lowest BCUT2D eigenvalue weighted by molar-refractivity contribution is 0.596. The first-order valence-electron chi connectivity index (χ1n) is 4.38. The van der Waals surface area contributed by atoms with Crippen molar-refractivity contribution in [2.75, 3.05) is 9.58 Å². The fourth-order valence-electron chi connectivity index (χ4n) is 1.57. The highest BCUT2D eigenvalue weighted by atomic mass is 35.5. The zero-order chi connectivity index (χ0) is 10.2. The van der Waals surface area contributed by atoms with Gasteiger partial charge in [0.25, 0.3) is 0 Å². The number of halogens is 1. The Morgan fingerprint density at radius 2 is 2.00 bits per heavy atom. The summed E-state index contributed by atoms with van der Waals surface area (Å²) in [6, 6.07) is 7.31. The Hall–Kier alpha value is -0.740. The summed E-state index contributed by atoms with van der Waals surface area (Å²) in [6.45, 7) is 0. The Morgan fingerprint density at radius 1 is 1.29 bits per heavy atom. The van der Waals surface area contributed by atoms with Gasteiger partial charge < -0.3 is 0 Å². The molecule has 14 heavy (non-hydrogen) atoms. The Kier molecular flexibility index (Phi) is 2.41. The molecule has 1 aromatic carbocycles. The second kappa shape index (κ2) is 3.44. The van der Waals surface area contributed by atoms with Gasteiger partial charge in [-0.05, 0) is 24.5 Å². The minimum absolute atomic E-state index is 0.116. The van der Waals surface area contributed by atoms with Crippen molar-refractivity contribution in [3.63, 3.8) is 0 Å². The van der Waals surface area contributed by atoms with Crippen molar-refractivity contribution in [3.05, 3.63) is 29.8 Å². The van der Waals surface area contributed by atoms with Gasteiger partial charge in [0.1, 0.15) is 0 Å². The van der Waals surface area contributed by atoms with Crippen molar-refractivity contribution in [3.8, 4) is 0 Å². The van der Waals surface area contributed by atoms with Crippen LogP contribution in [0.3, 0.4) is 0 Å². The summed E-state index contributed by atoms with van der Waals surface area (Å²) in [7, 11) is -3.31. The number of para-hydroxylation sites is 1. The van der Waals surface area contributed by atoms with Gasteiger partial charge in [0.15, 0.2) is 0 Å². The minimum Gasteiger partial charge on any atom is -0.205 e. The SMILES string of the molecule is O=S1(=O)CCCc2ccccc2N1Cl. The van der Waals surface area contributed by atoms with E-state index in [-0.39, 0.29) is 5.75 Å². The number of anilines is 1.